The van der Waals surface area contributed by atoms with Crippen LogP contribution < -0.4 is 0 Å². The van der Waals surface area contributed by atoms with Crippen LogP contribution in [-0.4, -0.2) is 14.5 Å². The van der Waals surface area contributed by atoms with Crippen LogP contribution in [0.3, 0.4) is 0 Å². The van der Waals surface area contributed by atoms with Crippen molar-refractivity contribution in [3.05, 3.63) is 283 Å². The third-order valence-electron chi connectivity index (χ3n) is 14.6. The Morgan fingerprint density at radius 3 is 1.53 bits per heavy atom. The molecule has 11 aromatic carbocycles. The minimum atomic E-state index is -0.545. The number of nitrogens with zero attached hydrogens (tertiary/aromatic N) is 3. The maximum Gasteiger partial charge on any atom is 0.160 e. The first-order valence-corrected chi connectivity index (χ1v) is 24.1. The Bertz CT molecular complexity index is 4080. The van der Waals surface area contributed by atoms with E-state index in [1.54, 1.807) is 0 Å². The second-order valence-corrected chi connectivity index (χ2v) is 18.4. The molecular weight excluding hydrogens is 847 g/mol. The van der Waals surface area contributed by atoms with Crippen LogP contribution >= 0.6 is 0 Å². The molecule has 2 heterocycles. The van der Waals surface area contributed by atoms with Gasteiger partial charge in [-0.1, -0.05) is 212 Å². The first-order valence-electron chi connectivity index (χ1n) is 24.1. The molecular formula is C67H43N3. The number of benzene rings is 11. The van der Waals surface area contributed by atoms with Crippen LogP contribution in [0.1, 0.15) is 22.3 Å². The van der Waals surface area contributed by atoms with Gasteiger partial charge in [0.1, 0.15) is 0 Å². The van der Waals surface area contributed by atoms with E-state index >= 15 is 0 Å². The van der Waals surface area contributed by atoms with Crippen molar-refractivity contribution in [3.63, 3.8) is 0 Å². The Balaban J connectivity index is 1.04. The molecule has 0 bridgehead atoms. The molecule has 326 valence electrons. The molecule has 13 aromatic rings. The molecule has 0 N–H and O–H groups in total. The molecule has 1 aliphatic carbocycles. The Morgan fingerprint density at radius 1 is 0.300 bits per heavy atom. The van der Waals surface area contributed by atoms with Crippen LogP contribution in [0, 0.1) is 0 Å². The topological polar surface area (TPSA) is 30.7 Å². The predicted molar refractivity (Wildman–Crippen MR) is 290 cm³/mol. The SMILES string of the molecule is c1ccc(-c2nc(-c3cc(-c4cc5ccccc5c5ccccc45)cc(-n4c5ccccc5c5ccccc54)c3)cc(-c3ccc4c(c3)C(c3ccccc3)(c3ccccc3)c3ccccc3-4)n2)cc1. The summed E-state index contributed by atoms with van der Waals surface area (Å²) in [5, 5.41) is 7.33. The molecule has 1 aliphatic rings. The first kappa shape index (κ1) is 39.9. The Kier molecular flexibility index (Phi) is 9.11. The average Bonchev–Trinajstić information content (AvgIpc) is 3.94. The monoisotopic (exact) mass is 889 g/mol. The number of hydrogen-bond donors (Lipinski definition) is 0. The van der Waals surface area contributed by atoms with Crippen molar-refractivity contribution >= 4 is 43.4 Å². The third kappa shape index (κ3) is 6.15. The fourth-order valence-electron chi connectivity index (χ4n) is 11.6. The molecule has 0 saturated heterocycles. The summed E-state index contributed by atoms with van der Waals surface area (Å²) in [4.78, 5) is 11.0. The molecule has 3 heteroatoms. The highest BCUT2D eigenvalue weighted by Crippen LogP contribution is 2.57. The van der Waals surface area contributed by atoms with E-state index in [0.717, 1.165) is 50.4 Å². The van der Waals surface area contributed by atoms with Gasteiger partial charge in [-0.25, -0.2) is 9.97 Å². The summed E-state index contributed by atoms with van der Waals surface area (Å²) in [7, 11) is 0. The van der Waals surface area contributed by atoms with Gasteiger partial charge in [-0.3, -0.25) is 0 Å². The van der Waals surface area contributed by atoms with Gasteiger partial charge < -0.3 is 4.57 Å². The van der Waals surface area contributed by atoms with Gasteiger partial charge in [0.2, 0.25) is 0 Å². The predicted octanol–water partition coefficient (Wildman–Crippen LogP) is 16.9. The smallest absolute Gasteiger partial charge is 0.160 e. The molecule has 0 aliphatic heterocycles. The summed E-state index contributed by atoms with van der Waals surface area (Å²) in [6, 6.07) is 94.9. The largest absolute Gasteiger partial charge is 0.309 e. The van der Waals surface area contributed by atoms with E-state index in [-0.39, 0.29) is 0 Å². The molecule has 14 rings (SSSR count). The van der Waals surface area contributed by atoms with Gasteiger partial charge in [0.05, 0.1) is 27.8 Å². The highest BCUT2D eigenvalue weighted by atomic mass is 15.0. The van der Waals surface area contributed by atoms with Crippen molar-refractivity contribution in [1.29, 1.82) is 0 Å². The molecule has 0 unspecified atom stereocenters. The quantitative estimate of drug-likeness (QED) is 0.149. The Morgan fingerprint density at radius 2 is 0.829 bits per heavy atom. The fraction of sp³-hybridized carbons (Fsp3) is 0.0149. The highest BCUT2D eigenvalue weighted by Gasteiger charge is 2.46. The number of rotatable bonds is 7. The van der Waals surface area contributed by atoms with Crippen LogP contribution in [0.25, 0.3) is 105 Å². The lowest BCUT2D eigenvalue weighted by molar-refractivity contribution is 0.768. The number of para-hydroxylation sites is 2. The maximum absolute atomic E-state index is 5.50. The summed E-state index contributed by atoms with van der Waals surface area (Å²) in [6.45, 7) is 0. The third-order valence-corrected chi connectivity index (χ3v) is 14.6. The zero-order chi connectivity index (χ0) is 46.2. The molecule has 70 heavy (non-hydrogen) atoms. The zero-order valence-corrected chi connectivity index (χ0v) is 38.2. The Labute approximate surface area is 406 Å². The van der Waals surface area contributed by atoms with Gasteiger partial charge in [-0.15, -0.1) is 0 Å². The minimum absolute atomic E-state index is 0.545. The van der Waals surface area contributed by atoms with Gasteiger partial charge in [0.15, 0.2) is 5.82 Å². The first-order chi connectivity index (χ1) is 34.7. The summed E-state index contributed by atoms with van der Waals surface area (Å²) < 4.78 is 2.42. The van der Waals surface area contributed by atoms with Gasteiger partial charge in [-0.2, -0.15) is 0 Å². The number of fused-ring (bicyclic) bond motifs is 9. The lowest BCUT2D eigenvalue weighted by atomic mass is 9.67. The number of aromatic nitrogens is 3. The van der Waals surface area contributed by atoms with Gasteiger partial charge >= 0.3 is 0 Å². The zero-order valence-electron chi connectivity index (χ0n) is 38.2. The molecule has 0 fully saturated rings. The summed E-state index contributed by atoms with van der Waals surface area (Å²) >= 11 is 0. The molecule has 0 radical (unpaired) electrons. The molecule has 0 saturated carbocycles. The second-order valence-electron chi connectivity index (χ2n) is 18.4. The Hall–Kier alpha value is -9.18. The van der Waals surface area contributed by atoms with E-state index in [1.165, 1.54) is 71.3 Å². The number of hydrogen-bond acceptors (Lipinski definition) is 2. The second kappa shape index (κ2) is 16.0. The molecule has 0 spiro atoms. The highest BCUT2D eigenvalue weighted by molar-refractivity contribution is 6.14. The van der Waals surface area contributed by atoms with E-state index in [0.29, 0.717) is 5.82 Å². The van der Waals surface area contributed by atoms with Crippen molar-refractivity contribution in [2.75, 3.05) is 0 Å². The summed E-state index contributed by atoms with van der Waals surface area (Å²) in [5.41, 5.74) is 17.3. The van der Waals surface area contributed by atoms with Crippen molar-refractivity contribution < 1.29 is 0 Å². The lowest BCUT2D eigenvalue weighted by Gasteiger charge is -2.34. The summed E-state index contributed by atoms with van der Waals surface area (Å²) in [6.07, 6.45) is 0. The average molecular weight is 890 g/mol. The van der Waals surface area contributed by atoms with Crippen LogP contribution in [0.5, 0.6) is 0 Å². The van der Waals surface area contributed by atoms with Crippen LogP contribution in [-0.2, 0) is 5.41 Å². The van der Waals surface area contributed by atoms with Gasteiger partial charge in [-0.05, 0) is 115 Å². The maximum atomic E-state index is 5.50. The standard InChI is InChI=1S/C67H43N3/c1-4-20-44(21-5-1)66-68-62(46-36-37-56-55-30-14-17-33-60(55)67(61(56)42-46,49-23-6-2-7-24-49)50-25-8-3-9-26-50)43-63(69-66)48-38-47(59-41-45-22-10-11-27-52(45)53-28-12-13-29-54(53)59)39-51(40-48)70-64-34-18-15-31-57(64)58-32-16-19-35-65(58)70/h1-43H. The van der Waals surface area contributed by atoms with E-state index in [1.807, 2.05) is 0 Å². The van der Waals surface area contributed by atoms with Crippen LogP contribution in [0.2, 0.25) is 0 Å². The molecule has 0 atom stereocenters. The van der Waals surface area contributed by atoms with Crippen LogP contribution in [0.15, 0.2) is 261 Å². The van der Waals surface area contributed by atoms with E-state index < -0.39 is 5.41 Å². The van der Waals surface area contributed by atoms with Crippen molar-refractivity contribution in [2.24, 2.45) is 0 Å². The molecule has 0 amide bonds. The lowest BCUT2D eigenvalue weighted by Crippen LogP contribution is -2.28. The molecule has 2 aromatic heterocycles. The normalized spacial score (nSPS) is 12.7. The van der Waals surface area contributed by atoms with Crippen LogP contribution in [0.4, 0.5) is 0 Å². The fourth-order valence-corrected chi connectivity index (χ4v) is 11.6. The van der Waals surface area contributed by atoms with Crippen molar-refractivity contribution in [2.45, 2.75) is 5.41 Å². The van der Waals surface area contributed by atoms with E-state index in [2.05, 4.69) is 265 Å². The summed E-state index contributed by atoms with van der Waals surface area (Å²) in [5.74, 6) is 0.675. The van der Waals surface area contributed by atoms with Gasteiger partial charge in [0.25, 0.3) is 0 Å². The van der Waals surface area contributed by atoms with Gasteiger partial charge in [0, 0.05) is 33.2 Å². The van der Waals surface area contributed by atoms with E-state index in [4.69, 9.17) is 9.97 Å². The van der Waals surface area contributed by atoms with Crippen molar-refractivity contribution in [3.8, 4) is 61.8 Å². The minimum Gasteiger partial charge on any atom is -0.309 e. The van der Waals surface area contributed by atoms with Crippen molar-refractivity contribution in [1.82, 2.24) is 14.5 Å². The van der Waals surface area contributed by atoms with E-state index in [9.17, 15) is 0 Å². The molecule has 3 nitrogen and oxygen atoms in total.